The number of likely N-dealkylation sites (tertiary alicyclic amines) is 1. The third-order valence-electron chi connectivity index (χ3n) is 7.00. The molecule has 0 aromatic heterocycles. The molecular weight excluding hydrogens is 438 g/mol. The van der Waals surface area contributed by atoms with Gasteiger partial charge in [-0.3, -0.25) is 4.90 Å². The molecule has 2 aromatic rings. The molecule has 0 spiro atoms. The van der Waals surface area contributed by atoms with E-state index in [1.807, 2.05) is 30.3 Å². The van der Waals surface area contributed by atoms with Crippen LogP contribution in [0, 0.1) is 17.6 Å². The summed E-state index contributed by atoms with van der Waals surface area (Å²) in [5, 5.41) is 0. The van der Waals surface area contributed by atoms with Crippen LogP contribution in [0.2, 0.25) is 0 Å². The molecule has 2 heterocycles. The average molecular weight is 473 g/mol. The molecule has 2 atom stereocenters. The first-order valence-electron chi connectivity index (χ1n) is 12.0. The van der Waals surface area contributed by atoms with Crippen LogP contribution in [-0.2, 0) is 11.3 Å². The van der Waals surface area contributed by atoms with E-state index in [9.17, 15) is 13.6 Å². The van der Waals surface area contributed by atoms with Crippen LogP contribution in [0.3, 0.4) is 0 Å². The maximum atomic E-state index is 14.5. The third-order valence-corrected chi connectivity index (χ3v) is 7.00. The SMILES string of the molecule is C[C@@H]1CN(c2c(F)cc(N)cc2F)C[C@@H](C)N1CC1CCN(C(=O)OCc2ccccc2)CC1. The van der Waals surface area contributed by atoms with Crippen molar-refractivity contribution < 1.29 is 18.3 Å². The average Bonchev–Trinajstić information content (AvgIpc) is 2.80. The number of nitrogens with two attached hydrogens (primary N) is 1. The minimum atomic E-state index is -0.614. The molecule has 2 aromatic carbocycles. The third kappa shape index (κ3) is 5.60. The minimum absolute atomic E-state index is 0.00914. The Hall–Kier alpha value is -2.87. The zero-order chi connectivity index (χ0) is 24.2. The number of ether oxygens (including phenoxy) is 1. The molecule has 0 bridgehead atoms. The van der Waals surface area contributed by atoms with Gasteiger partial charge in [0.05, 0.1) is 0 Å². The molecule has 0 aliphatic carbocycles. The maximum Gasteiger partial charge on any atom is 0.410 e. The lowest BCUT2D eigenvalue weighted by Crippen LogP contribution is -2.58. The van der Waals surface area contributed by atoms with Crippen molar-refractivity contribution in [2.45, 2.75) is 45.4 Å². The molecule has 0 saturated carbocycles. The molecule has 2 aliphatic heterocycles. The normalized spacial score (nSPS) is 22.1. The summed E-state index contributed by atoms with van der Waals surface area (Å²) in [5.41, 5.74) is 6.65. The number of hydrogen-bond donors (Lipinski definition) is 1. The molecule has 6 nitrogen and oxygen atoms in total. The predicted molar refractivity (Wildman–Crippen MR) is 130 cm³/mol. The number of nitrogens with zero attached hydrogens (tertiary/aromatic N) is 3. The van der Waals surface area contributed by atoms with Gasteiger partial charge in [-0.25, -0.2) is 13.6 Å². The molecule has 0 radical (unpaired) electrons. The van der Waals surface area contributed by atoms with Crippen molar-refractivity contribution in [1.29, 1.82) is 0 Å². The molecule has 184 valence electrons. The van der Waals surface area contributed by atoms with Gasteiger partial charge in [0.25, 0.3) is 0 Å². The van der Waals surface area contributed by atoms with Crippen molar-refractivity contribution in [3.8, 4) is 0 Å². The molecule has 0 unspecified atom stereocenters. The van der Waals surface area contributed by atoms with Crippen molar-refractivity contribution in [1.82, 2.24) is 9.80 Å². The Labute approximate surface area is 200 Å². The molecule has 1 amide bonds. The van der Waals surface area contributed by atoms with Crippen LogP contribution in [0.15, 0.2) is 42.5 Å². The van der Waals surface area contributed by atoms with Gasteiger partial charge in [-0.2, -0.15) is 0 Å². The molecule has 2 N–H and O–H groups in total. The van der Waals surface area contributed by atoms with E-state index in [0.29, 0.717) is 32.1 Å². The van der Waals surface area contributed by atoms with Crippen molar-refractivity contribution in [3.63, 3.8) is 0 Å². The van der Waals surface area contributed by atoms with Crippen molar-refractivity contribution >= 4 is 17.5 Å². The number of halogens is 2. The standard InChI is InChI=1S/C26H34F2N4O2/c1-18-14-31(25-23(27)12-22(29)13-24(25)28)15-19(2)32(18)16-20-8-10-30(11-9-20)26(33)34-17-21-6-4-3-5-7-21/h3-7,12-13,18-20H,8-11,14-17,29H2,1-2H3/t18-,19-/m1/s1. The Kier molecular flexibility index (Phi) is 7.56. The van der Waals surface area contributed by atoms with Crippen LogP contribution in [0.4, 0.5) is 25.0 Å². The lowest BCUT2D eigenvalue weighted by Gasteiger charge is -2.47. The number of carbonyl (C=O) groups excluding carboxylic acids is 1. The number of amides is 1. The highest BCUT2D eigenvalue weighted by atomic mass is 19.1. The van der Waals surface area contributed by atoms with Crippen LogP contribution in [0.5, 0.6) is 0 Å². The Morgan fingerprint density at radius 3 is 2.21 bits per heavy atom. The fourth-order valence-corrected chi connectivity index (χ4v) is 5.19. The zero-order valence-corrected chi connectivity index (χ0v) is 19.9. The first-order chi connectivity index (χ1) is 16.3. The molecule has 2 saturated heterocycles. The van der Waals surface area contributed by atoms with Gasteiger partial charge in [-0.15, -0.1) is 0 Å². The van der Waals surface area contributed by atoms with E-state index in [2.05, 4.69) is 18.7 Å². The molecule has 2 aliphatic rings. The lowest BCUT2D eigenvalue weighted by atomic mass is 9.94. The van der Waals surface area contributed by atoms with Gasteiger partial charge < -0.3 is 20.3 Å². The van der Waals surface area contributed by atoms with E-state index in [1.54, 1.807) is 9.80 Å². The molecule has 34 heavy (non-hydrogen) atoms. The first-order valence-corrected chi connectivity index (χ1v) is 12.0. The van der Waals surface area contributed by atoms with Crippen LogP contribution in [-0.4, -0.2) is 60.7 Å². The summed E-state index contributed by atoms with van der Waals surface area (Å²) in [7, 11) is 0. The number of carbonyl (C=O) groups is 1. The van der Waals surface area contributed by atoms with Gasteiger partial charge in [0.15, 0.2) is 11.6 Å². The zero-order valence-electron chi connectivity index (χ0n) is 19.9. The molecule has 2 fully saturated rings. The second-order valence-electron chi connectivity index (χ2n) is 9.60. The summed E-state index contributed by atoms with van der Waals surface area (Å²) in [4.78, 5) is 18.4. The Bertz CT molecular complexity index is 947. The highest BCUT2D eigenvalue weighted by molar-refractivity contribution is 5.67. The Morgan fingerprint density at radius 2 is 1.62 bits per heavy atom. The Balaban J connectivity index is 1.27. The van der Waals surface area contributed by atoms with Crippen LogP contribution in [0.1, 0.15) is 32.3 Å². The van der Waals surface area contributed by atoms with Crippen molar-refractivity contribution in [2.75, 3.05) is 43.4 Å². The van der Waals surface area contributed by atoms with Gasteiger partial charge in [0.2, 0.25) is 0 Å². The van der Waals surface area contributed by atoms with Gasteiger partial charge in [0.1, 0.15) is 12.3 Å². The fraction of sp³-hybridized carbons (Fsp3) is 0.500. The summed E-state index contributed by atoms with van der Waals surface area (Å²) < 4.78 is 34.4. The summed E-state index contributed by atoms with van der Waals surface area (Å²) in [5.74, 6) is -0.756. The number of nitrogen functional groups attached to an aromatic ring is 1. The van der Waals surface area contributed by atoms with Crippen LogP contribution >= 0.6 is 0 Å². The molecule has 4 rings (SSSR count). The number of benzene rings is 2. The number of piperidine rings is 1. The van der Waals surface area contributed by atoms with Crippen molar-refractivity contribution in [2.24, 2.45) is 5.92 Å². The van der Waals surface area contributed by atoms with E-state index in [-0.39, 0.29) is 36.2 Å². The quantitative estimate of drug-likeness (QED) is 0.650. The summed E-state index contributed by atoms with van der Waals surface area (Å²) in [6, 6.07) is 12.3. The number of anilines is 2. The highest BCUT2D eigenvalue weighted by Crippen LogP contribution is 2.31. The van der Waals surface area contributed by atoms with Gasteiger partial charge in [0, 0.05) is 50.5 Å². The topological polar surface area (TPSA) is 62.0 Å². The lowest BCUT2D eigenvalue weighted by molar-refractivity contribution is 0.0627. The van der Waals surface area contributed by atoms with Gasteiger partial charge in [-0.05, 0) is 50.3 Å². The monoisotopic (exact) mass is 472 g/mol. The smallest absolute Gasteiger partial charge is 0.410 e. The first kappa shape index (κ1) is 24.3. The fourth-order valence-electron chi connectivity index (χ4n) is 5.19. The van der Waals surface area contributed by atoms with E-state index in [1.165, 1.54) is 12.1 Å². The van der Waals surface area contributed by atoms with E-state index in [0.717, 1.165) is 24.9 Å². The highest BCUT2D eigenvalue weighted by Gasteiger charge is 2.34. The largest absolute Gasteiger partial charge is 0.445 e. The van der Waals surface area contributed by atoms with Gasteiger partial charge >= 0.3 is 6.09 Å². The number of rotatable bonds is 5. The van der Waals surface area contributed by atoms with Crippen molar-refractivity contribution in [3.05, 3.63) is 59.7 Å². The summed E-state index contributed by atoms with van der Waals surface area (Å²) in [6.07, 6.45) is 1.58. The van der Waals surface area contributed by atoms with Gasteiger partial charge in [-0.1, -0.05) is 30.3 Å². The molecule has 8 heteroatoms. The number of piperazine rings is 1. The Morgan fingerprint density at radius 1 is 1.03 bits per heavy atom. The predicted octanol–water partition coefficient (Wildman–Crippen LogP) is 4.49. The van der Waals surface area contributed by atoms with E-state index < -0.39 is 11.6 Å². The maximum absolute atomic E-state index is 14.5. The second kappa shape index (κ2) is 10.6. The molecular formula is C26H34F2N4O2. The van der Waals surface area contributed by atoms with E-state index in [4.69, 9.17) is 10.5 Å². The van der Waals surface area contributed by atoms with E-state index >= 15 is 0 Å². The second-order valence-corrected chi connectivity index (χ2v) is 9.60. The van der Waals surface area contributed by atoms with Crippen LogP contribution in [0.25, 0.3) is 0 Å². The minimum Gasteiger partial charge on any atom is -0.445 e. The summed E-state index contributed by atoms with van der Waals surface area (Å²) in [6.45, 7) is 7.87. The summed E-state index contributed by atoms with van der Waals surface area (Å²) >= 11 is 0. The number of hydrogen-bond acceptors (Lipinski definition) is 5. The van der Waals surface area contributed by atoms with Crippen LogP contribution < -0.4 is 10.6 Å².